The van der Waals surface area contributed by atoms with Crippen LogP contribution in [0.3, 0.4) is 0 Å². The highest BCUT2D eigenvalue weighted by atomic mass is 19.1. The third-order valence-corrected chi connectivity index (χ3v) is 2.25. The second-order valence-electron chi connectivity index (χ2n) is 3.27. The molecule has 0 amide bonds. The van der Waals surface area contributed by atoms with E-state index >= 15 is 0 Å². The van der Waals surface area contributed by atoms with E-state index < -0.39 is 0 Å². The largest absolute Gasteiger partial charge is 0.469 e. The van der Waals surface area contributed by atoms with Crippen LogP contribution in [-0.4, -0.2) is 19.6 Å². The van der Waals surface area contributed by atoms with E-state index in [9.17, 15) is 9.18 Å². The van der Waals surface area contributed by atoms with E-state index in [1.54, 1.807) is 12.1 Å². The maximum atomic E-state index is 12.9. The van der Waals surface area contributed by atoms with Crippen molar-refractivity contribution in [3.63, 3.8) is 0 Å². The third kappa shape index (κ3) is 3.32. The smallest absolute Gasteiger partial charge is 0.306 e. The highest BCUT2D eigenvalue weighted by Crippen LogP contribution is 2.19. The molecule has 1 atom stereocenters. The zero-order valence-electron chi connectivity index (χ0n) is 8.57. The molecule has 0 unspecified atom stereocenters. The predicted octanol–water partition coefficient (Wildman–Crippen LogP) is 1.43. The van der Waals surface area contributed by atoms with Crippen molar-refractivity contribution in [3.8, 4) is 0 Å². The molecular formula is C11H14FNO2. The van der Waals surface area contributed by atoms with Gasteiger partial charge in [-0.15, -0.1) is 0 Å². The minimum atomic E-state index is -0.338. The summed E-state index contributed by atoms with van der Waals surface area (Å²) in [5.41, 5.74) is 6.25. The van der Waals surface area contributed by atoms with E-state index in [4.69, 9.17) is 5.73 Å². The van der Waals surface area contributed by atoms with Gasteiger partial charge in [0.2, 0.25) is 0 Å². The van der Waals surface area contributed by atoms with Gasteiger partial charge in [0, 0.05) is 5.92 Å². The average molecular weight is 211 g/mol. The number of halogens is 1. The minimum Gasteiger partial charge on any atom is -0.469 e. The van der Waals surface area contributed by atoms with Crippen LogP contribution >= 0.6 is 0 Å². The van der Waals surface area contributed by atoms with Gasteiger partial charge in [-0.3, -0.25) is 4.79 Å². The van der Waals surface area contributed by atoms with Crippen LogP contribution in [0.5, 0.6) is 0 Å². The van der Waals surface area contributed by atoms with Gasteiger partial charge in [0.1, 0.15) is 5.82 Å². The molecule has 0 bridgehead atoms. The Kier molecular flexibility index (Phi) is 4.24. The standard InChI is InChI=1S/C11H14FNO2/c1-15-11(14)6-9(7-13)8-3-2-4-10(12)5-8/h2-5,9H,6-7,13H2,1H3/t9-/m1/s1. The lowest BCUT2D eigenvalue weighted by Gasteiger charge is -2.13. The first-order valence-electron chi connectivity index (χ1n) is 4.69. The molecule has 15 heavy (non-hydrogen) atoms. The molecule has 1 rings (SSSR count). The Morgan fingerprint density at radius 2 is 2.33 bits per heavy atom. The molecule has 0 aliphatic rings. The second kappa shape index (κ2) is 5.46. The molecule has 2 N–H and O–H groups in total. The Bertz CT molecular complexity index is 341. The number of hydrogen-bond donors (Lipinski definition) is 1. The third-order valence-electron chi connectivity index (χ3n) is 2.25. The number of methoxy groups -OCH3 is 1. The van der Waals surface area contributed by atoms with Crippen LogP contribution in [0.25, 0.3) is 0 Å². The summed E-state index contributed by atoms with van der Waals surface area (Å²) >= 11 is 0. The molecule has 0 spiro atoms. The number of carbonyl (C=O) groups excluding carboxylic acids is 1. The van der Waals surface area contributed by atoms with E-state index in [-0.39, 0.29) is 24.1 Å². The second-order valence-corrected chi connectivity index (χ2v) is 3.27. The molecule has 0 aromatic heterocycles. The number of carbonyl (C=O) groups is 1. The first-order chi connectivity index (χ1) is 7.17. The number of nitrogens with two attached hydrogens (primary N) is 1. The fourth-order valence-corrected chi connectivity index (χ4v) is 1.38. The van der Waals surface area contributed by atoms with Gasteiger partial charge in [-0.2, -0.15) is 0 Å². The van der Waals surface area contributed by atoms with E-state index in [2.05, 4.69) is 4.74 Å². The molecule has 82 valence electrons. The molecule has 4 heteroatoms. The molecule has 0 aliphatic carbocycles. The summed E-state index contributed by atoms with van der Waals surface area (Å²) in [6, 6.07) is 6.10. The van der Waals surface area contributed by atoms with Gasteiger partial charge in [0.25, 0.3) is 0 Å². The van der Waals surface area contributed by atoms with Crippen LogP contribution in [-0.2, 0) is 9.53 Å². The summed E-state index contributed by atoms with van der Waals surface area (Å²) in [7, 11) is 1.32. The molecule has 0 aliphatic heterocycles. The Morgan fingerprint density at radius 3 is 2.87 bits per heavy atom. The Balaban J connectivity index is 2.78. The topological polar surface area (TPSA) is 52.3 Å². The number of ether oxygens (including phenoxy) is 1. The highest BCUT2D eigenvalue weighted by molar-refractivity contribution is 5.70. The average Bonchev–Trinajstić information content (AvgIpc) is 2.25. The fraction of sp³-hybridized carbons (Fsp3) is 0.364. The van der Waals surface area contributed by atoms with E-state index in [0.717, 1.165) is 5.56 Å². The molecule has 1 aromatic carbocycles. The van der Waals surface area contributed by atoms with Crippen LogP contribution in [0, 0.1) is 5.82 Å². The molecule has 0 radical (unpaired) electrons. The van der Waals surface area contributed by atoms with E-state index in [1.165, 1.54) is 19.2 Å². The summed E-state index contributed by atoms with van der Waals surface area (Å²) in [5.74, 6) is -0.848. The molecule has 0 saturated carbocycles. The quantitative estimate of drug-likeness (QED) is 0.766. The van der Waals surface area contributed by atoms with Crippen molar-refractivity contribution in [2.75, 3.05) is 13.7 Å². The zero-order valence-corrected chi connectivity index (χ0v) is 8.57. The normalized spacial score (nSPS) is 12.2. The van der Waals surface area contributed by atoms with E-state index in [1.807, 2.05) is 0 Å². The van der Waals surface area contributed by atoms with Crippen molar-refractivity contribution in [2.45, 2.75) is 12.3 Å². The summed E-state index contributed by atoms with van der Waals surface area (Å²) in [6.07, 6.45) is 0.177. The first kappa shape index (κ1) is 11.7. The zero-order chi connectivity index (χ0) is 11.3. The van der Waals surface area contributed by atoms with Crippen molar-refractivity contribution < 1.29 is 13.9 Å². The Morgan fingerprint density at radius 1 is 1.60 bits per heavy atom. The van der Waals surface area contributed by atoms with Gasteiger partial charge in [-0.25, -0.2) is 4.39 Å². The van der Waals surface area contributed by atoms with Crippen molar-refractivity contribution in [1.82, 2.24) is 0 Å². The number of hydrogen-bond acceptors (Lipinski definition) is 3. The SMILES string of the molecule is COC(=O)C[C@H](CN)c1cccc(F)c1. The molecule has 3 nitrogen and oxygen atoms in total. The van der Waals surface area contributed by atoms with Crippen LogP contribution in [0.4, 0.5) is 4.39 Å². The van der Waals surface area contributed by atoms with Crippen molar-refractivity contribution in [1.29, 1.82) is 0 Å². The van der Waals surface area contributed by atoms with Crippen molar-refractivity contribution in [3.05, 3.63) is 35.6 Å². The number of rotatable bonds is 4. The lowest BCUT2D eigenvalue weighted by molar-refractivity contribution is -0.141. The lowest BCUT2D eigenvalue weighted by atomic mass is 9.96. The number of esters is 1. The van der Waals surface area contributed by atoms with Gasteiger partial charge < -0.3 is 10.5 Å². The molecule has 0 fully saturated rings. The predicted molar refractivity (Wildman–Crippen MR) is 54.8 cm³/mol. The summed E-state index contributed by atoms with van der Waals surface area (Å²) in [4.78, 5) is 11.1. The minimum absolute atomic E-state index is 0.177. The van der Waals surface area contributed by atoms with Crippen LogP contribution < -0.4 is 5.73 Å². The molecule has 0 heterocycles. The number of benzene rings is 1. The van der Waals surface area contributed by atoms with Crippen LogP contribution in [0.2, 0.25) is 0 Å². The van der Waals surface area contributed by atoms with Gasteiger partial charge in [0.05, 0.1) is 13.5 Å². The van der Waals surface area contributed by atoms with Crippen molar-refractivity contribution in [2.24, 2.45) is 5.73 Å². The van der Waals surface area contributed by atoms with Gasteiger partial charge in [-0.1, -0.05) is 12.1 Å². The molecule has 1 aromatic rings. The summed E-state index contributed by atoms with van der Waals surface area (Å²) in [6.45, 7) is 0.290. The van der Waals surface area contributed by atoms with Gasteiger partial charge >= 0.3 is 5.97 Å². The lowest BCUT2D eigenvalue weighted by Crippen LogP contribution is -2.17. The molecular weight excluding hydrogens is 197 g/mol. The molecule has 0 saturated heterocycles. The van der Waals surface area contributed by atoms with Crippen LogP contribution in [0.15, 0.2) is 24.3 Å². The summed E-state index contributed by atoms with van der Waals surface area (Å²) < 4.78 is 17.5. The van der Waals surface area contributed by atoms with Gasteiger partial charge in [-0.05, 0) is 24.2 Å². The summed E-state index contributed by atoms with van der Waals surface area (Å²) in [5, 5.41) is 0. The monoisotopic (exact) mass is 211 g/mol. The Hall–Kier alpha value is -1.42. The van der Waals surface area contributed by atoms with Crippen molar-refractivity contribution >= 4 is 5.97 Å². The highest BCUT2D eigenvalue weighted by Gasteiger charge is 2.15. The maximum absolute atomic E-state index is 12.9. The first-order valence-corrected chi connectivity index (χ1v) is 4.69. The maximum Gasteiger partial charge on any atom is 0.306 e. The Labute approximate surface area is 88.0 Å². The van der Waals surface area contributed by atoms with E-state index in [0.29, 0.717) is 6.54 Å². The fourth-order valence-electron chi connectivity index (χ4n) is 1.38. The van der Waals surface area contributed by atoms with Crippen LogP contribution in [0.1, 0.15) is 17.9 Å². The van der Waals surface area contributed by atoms with Gasteiger partial charge in [0.15, 0.2) is 0 Å².